The van der Waals surface area contributed by atoms with Crippen LogP contribution in [0.3, 0.4) is 0 Å². The van der Waals surface area contributed by atoms with Crippen LogP contribution < -0.4 is 15.0 Å². The van der Waals surface area contributed by atoms with Gasteiger partial charge < -0.3 is 19.9 Å². The molecule has 10 heteroatoms. The lowest BCUT2D eigenvalue weighted by Gasteiger charge is -2.39. The lowest BCUT2D eigenvalue weighted by atomic mass is 9.85. The normalized spacial score (nSPS) is 20.5. The number of halogens is 4. The van der Waals surface area contributed by atoms with Crippen molar-refractivity contribution >= 4 is 40.7 Å². The molecule has 2 amide bonds. The van der Waals surface area contributed by atoms with E-state index in [-0.39, 0.29) is 46.2 Å². The van der Waals surface area contributed by atoms with Crippen molar-refractivity contribution in [2.45, 2.75) is 31.7 Å². The van der Waals surface area contributed by atoms with E-state index in [4.69, 9.17) is 27.9 Å². The second kappa shape index (κ2) is 11.4. The number of amides is 2. The largest absolute Gasteiger partial charge is 0.484 e. The molecule has 1 heterocycles. The number of hydrogen-bond acceptors (Lipinski definition) is 4. The summed E-state index contributed by atoms with van der Waals surface area (Å²) in [6, 6.07) is 8.76. The zero-order chi connectivity index (χ0) is 24.9. The van der Waals surface area contributed by atoms with Crippen LogP contribution in [0.15, 0.2) is 36.4 Å². The molecule has 2 fully saturated rings. The minimum absolute atomic E-state index is 0.00747. The Morgan fingerprint density at radius 1 is 0.914 bits per heavy atom. The van der Waals surface area contributed by atoms with Crippen molar-refractivity contribution in [1.29, 1.82) is 0 Å². The first-order chi connectivity index (χ1) is 16.8. The molecule has 0 spiro atoms. The SMILES string of the molecule is O=C(COc1ccc(Cl)c(F)c1)NC1CCC(C(=O)N2CCN(c3ccc(Cl)c(F)c3)CC2)CC1. The van der Waals surface area contributed by atoms with Gasteiger partial charge in [-0.15, -0.1) is 0 Å². The molecule has 35 heavy (non-hydrogen) atoms. The number of benzene rings is 2. The highest BCUT2D eigenvalue weighted by atomic mass is 35.5. The average Bonchev–Trinajstić information content (AvgIpc) is 2.86. The fourth-order valence-corrected chi connectivity index (χ4v) is 4.83. The fourth-order valence-electron chi connectivity index (χ4n) is 4.59. The maximum Gasteiger partial charge on any atom is 0.258 e. The maximum atomic E-state index is 13.8. The van der Waals surface area contributed by atoms with Gasteiger partial charge in [0.15, 0.2) is 6.61 Å². The minimum atomic E-state index is -0.604. The highest BCUT2D eigenvalue weighted by Gasteiger charge is 2.31. The molecule has 1 saturated heterocycles. The number of carbonyl (C=O) groups excluding carboxylic acids is 2. The zero-order valence-electron chi connectivity index (χ0n) is 19.1. The number of carbonyl (C=O) groups is 2. The van der Waals surface area contributed by atoms with Gasteiger partial charge in [-0.2, -0.15) is 0 Å². The van der Waals surface area contributed by atoms with Crippen LogP contribution in [-0.4, -0.2) is 55.5 Å². The molecule has 4 rings (SSSR count). The van der Waals surface area contributed by atoms with E-state index >= 15 is 0 Å². The predicted octanol–water partition coefficient (Wildman–Crippen LogP) is 4.67. The summed E-state index contributed by atoms with van der Waals surface area (Å²) in [5.41, 5.74) is 0.764. The number of hydrogen-bond donors (Lipinski definition) is 1. The molecule has 0 bridgehead atoms. The Morgan fingerprint density at radius 2 is 1.54 bits per heavy atom. The zero-order valence-corrected chi connectivity index (χ0v) is 20.6. The average molecular weight is 526 g/mol. The van der Waals surface area contributed by atoms with Crippen LogP contribution in [0, 0.1) is 17.6 Å². The summed E-state index contributed by atoms with van der Waals surface area (Å²) in [4.78, 5) is 29.2. The van der Waals surface area contributed by atoms with Crippen molar-refractivity contribution in [1.82, 2.24) is 10.2 Å². The first-order valence-electron chi connectivity index (χ1n) is 11.7. The van der Waals surface area contributed by atoms with Crippen LogP contribution in [0.5, 0.6) is 5.75 Å². The van der Waals surface area contributed by atoms with Crippen molar-refractivity contribution < 1.29 is 23.1 Å². The van der Waals surface area contributed by atoms with E-state index in [0.29, 0.717) is 51.9 Å². The Bertz CT molecular complexity index is 1070. The van der Waals surface area contributed by atoms with Crippen molar-refractivity contribution in [2.75, 3.05) is 37.7 Å². The second-order valence-corrected chi connectivity index (χ2v) is 9.71. The van der Waals surface area contributed by atoms with E-state index in [1.807, 2.05) is 4.90 Å². The number of ether oxygens (including phenoxy) is 1. The number of nitrogens with one attached hydrogen (secondary N) is 1. The van der Waals surface area contributed by atoms with Crippen molar-refractivity contribution in [3.63, 3.8) is 0 Å². The Balaban J connectivity index is 1.18. The second-order valence-electron chi connectivity index (χ2n) is 8.89. The lowest BCUT2D eigenvalue weighted by Crippen LogP contribution is -2.51. The molecule has 1 N–H and O–H groups in total. The van der Waals surface area contributed by atoms with Gasteiger partial charge in [0.05, 0.1) is 10.0 Å². The standard InChI is InChI=1S/C25H27Cl2F2N3O3/c26-20-7-5-18(13-22(20)28)31-9-11-32(12-10-31)25(34)16-1-3-17(4-2-16)30-24(33)15-35-19-6-8-21(27)23(29)14-19/h5-8,13-14,16-17H,1-4,9-12,15H2,(H,30,33). The maximum absolute atomic E-state index is 13.8. The minimum Gasteiger partial charge on any atom is -0.484 e. The summed E-state index contributed by atoms with van der Waals surface area (Å²) in [7, 11) is 0. The lowest BCUT2D eigenvalue weighted by molar-refractivity contribution is -0.137. The molecule has 0 radical (unpaired) electrons. The summed E-state index contributed by atoms with van der Waals surface area (Å²) in [5.74, 6) is -1.02. The molecule has 0 aromatic heterocycles. The topological polar surface area (TPSA) is 61.9 Å². The first-order valence-corrected chi connectivity index (χ1v) is 12.4. The van der Waals surface area contributed by atoms with Gasteiger partial charge in [-0.3, -0.25) is 9.59 Å². The Morgan fingerprint density at radius 3 is 2.17 bits per heavy atom. The third kappa shape index (κ3) is 6.55. The molecule has 2 aromatic carbocycles. The first kappa shape index (κ1) is 25.5. The highest BCUT2D eigenvalue weighted by molar-refractivity contribution is 6.31. The van der Waals surface area contributed by atoms with Crippen LogP contribution >= 0.6 is 23.2 Å². The van der Waals surface area contributed by atoms with Crippen LogP contribution in [0.2, 0.25) is 10.0 Å². The van der Waals surface area contributed by atoms with Crippen LogP contribution in [0.25, 0.3) is 0 Å². The van der Waals surface area contributed by atoms with Gasteiger partial charge >= 0.3 is 0 Å². The third-order valence-electron chi connectivity index (χ3n) is 6.56. The number of piperazine rings is 1. The summed E-state index contributed by atoms with van der Waals surface area (Å²) in [5, 5.41) is 3.02. The number of nitrogens with zero attached hydrogens (tertiary/aromatic N) is 2. The Labute approximate surface area is 213 Å². The monoisotopic (exact) mass is 525 g/mol. The molecular weight excluding hydrogens is 499 g/mol. The molecule has 1 saturated carbocycles. The van der Waals surface area contributed by atoms with E-state index in [2.05, 4.69) is 10.2 Å². The van der Waals surface area contributed by atoms with Crippen molar-refractivity contribution in [3.05, 3.63) is 58.1 Å². The van der Waals surface area contributed by atoms with Gasteiger partial charge in [-0.1, -0.05) is 23.2 Å². The Kier molecular flexibility index (Phi) is 8.34. The number of rotatable bonds is 6. The number of anilines is 1. The quantitative estimate of drug-likeness (QED) is 0.595. The van der Waals surface area contributed by atoms with Crippen molar-refractivity contribution in [3.8, 4) is 5.75 Å². The van der Waals surface area contributed by atoms with E-state index in [1.54, 1.807) is 12.1 Å². The van der Waals surface area contributed by atoms with Gasteiger partial charge in [-0.25, -0.2) is 8.78 Å². The smallest absolute Gasteiger partial charge is 0.258 e. The van der Waals surface area contributed by atoms with Gasteiger partial charge in [0.1, 0.15) is 17.4 Å². The van der Waals surface area contributed by atoms with E-state index in [1.165, 1.54) is 18.2 Å². The molecule has 188 valence electrons. The van der Waals surface area contributed by atoms with Crippen LogP contribution in [0.1, 0.15) is 25.7 Å². The summed E-state index contributed by atoms with van der Waals surface area (Å²) >= 11 is 11.4. The third-order valence-corrected chi connectivity index (χ3v) is 7.18. The molecule has 0 unspecified atom stereocenters. The summed E-state index contributed by atoms with van der Waals surface area (Å²) in [6.45, 7) is 2.22. The summed E-state index contributed by atoms with van der Waals surface area (Å²) in [6.07, 6.45) is 2.83. The van der Waals surface area contributed by atoms with Gasteiger partial charge in [0, 0.05) is 49.9 Å². The predicted molar refractivity (Wildman–Crippen MR) is 131 cm³/mol. The molecule has 1 aliphatic carbocycles. The van der Waals surface area contributed by atoms with Crippen LogP contribution in [-0.2, 0) is 9.59 Å². The van der Waals surface area contributed by atoms with Crippen LogP contribution in [0.4, 0.5) is 14.5 Å². The molecule has 1 aliphatic heterocycles. The van der Waals surface area contributed by atoms with E-state index in [9.17, 15) is 18.4 Å². The molecule has 2 aliphatic rings. The van der Waals surface area contributed by atoms with Gasteiger partial charge in [-0.05, 0) is 56.0 Å². The van der Waals surface area contributed by atoms with Gasteiger partial charge in [0.25, 0.3) is 5.91 Å². The van der Waals surface area contributed by atoms with E-state index < -0.39 is 11.6 Å². The molecule has 2 aromatic rings. The van der Waals surface area contributed by atoms with E-state index in [0.717, 1.165) is 11.8 Å². The highest BCUT2D eigenvalue weighted by Crippen LogP contribution is 2.28. The molecular formula is C25H27Cl2F2N3O3. The van der Waals surface area contributed by atoms with Gasteiger partial charge in [0.2, 0.25) is 5.91 Å². The Hall–Kier alpha value is -2.58. The van der Waals surface area contributed by atoms with Crippen molar-refractivity contribution in [2.24, 2.45) is 5.92 Å². The summed E-state index contributed by atoms with van der Waals surface area (Å²) < 4.78 is 32.6. The fraction of sp³-hybridized carbons (Fsp3) is 0.440. The molecule has 6 nitrogen and oxygen atoms in total. The molecule has 0 atom stereocenters.